The number of furan rings is 1. The zero-order valence-corrected chi connectivity index (χ0v) is 19.3. The van der Waals surface area contributed by atoms with Crippen molar-refractivity contribution in [2.45, 2.75) is 39.8 Å². The number of thiophene rings is 1. The maximum absolute atomic E-state index is 12.9. The topological polar surface area (TPSA) is 88.9 Å². The van der Waals surface area contributed by atoms with E-state index in [9.17, 15) is 14.4 Å². The van der Waals surface area contributed by atoms with Crippen molar-refractivity contribution < 1.29 is 23.5 Å². The van der Waals surface area contributed by atoms with E-state index in [1.165, 1.54) is 6.26 Å². The van der Waals surface area contributed by atoms with Crippen molar-refractivity contribution in [3.05, 3.63) is 76.6 Å². The van der Waals surface area contributed by atoms with Gasteiger partial charge in [-0.2, -0.15) is 0 Å². The molecule has 0 radical (unpaired) electrons. The Kier molecular flexibility index (Phi) is 7.15. The molecule has 1 N–H and O–H groups in total. The average Bonchev–Trinajstić information content (AvgIpc) is 3.40. The SMILES string of the molecule is Cc1cc(NC(=O)c2ccco2)sc1C(=O)OCC(=O)N(Cc1ccccc1)C(C)(C)C. The van der Waals surface area contributed by atoms with Crippen LogP contribution in [0.2, 0.25) is 0 Å². The highest BCUT2D eigenvalue weighted by Gasteiger charge is 2.28. The molecule has 0 unspecified atom stereocenters. The molecule has 0 aliphatic carbocycles. The average molecular weight is 455 g/mol. The summed E-state index contributed by atoms with van der Waals surface area (Å²) in [5.41, 5.74) is 1.20. The van der Waals surface area contributed by atoms with Gasteiger partial charge >= 0.3 is 5.97 Å². The molecule has 3 rings (SSSR count). The fourth-order valence-electron chi connectivity index (χ4n) is 3.06. The molecule has 1 aromatic carbocycles. The lowest BCUT2D eigenvalue weighted by Gasteiger charge is -2.35. The highest BCUT2D eigenvalue weighted by atomic mass is 32.1. The van der Waals surface area contributed by atoms with Crippen LogP contribution in [-0.2, 0) is 16.1 Å². The van der Waals surface area contributed by atoms with E-state index in [0.29, 0.717) is 22.0 Å². The number of ether oxygens (including phenoxy) is 1. The van der Waals surface area contributed by atoms with Crippen molar-refractivity contribution in [3.8, 4) is 0 Å². The van der Waals surface area contributed by atoms with Crippen molar-refractivity contribution >= 4 is 34.1 Å². The van der Waals surface area contributed by atoms with Gasteiger partial charge in [-0.15, -0.1) is 11.3 Å². The van der Waals surface area contributed by atoms with E-state index in [0.717, 1.165) is 16.9 Å². The Morgan fingerprint density at radius 1 is 1.09 bits per heavy atom. The molecule has 2 heterocycles. The molecule has 7 nitrogen and oxygen atoms in total. The Hall–Kier alpha value is -3.39. The first-order chi connectivity index (χ1) is 15.1. The van der Waals surface area contributed by atoms with Crippen LogP contribution in [-0.4, -0.2) is 34.8 Å². The maximum Gasteiger partial charge on any atom is 0.349 e. The van der Waals surface area contributed by atoms with Crippen LogP contribution in [0.15, 0.2) is 59.2 Å². The van der Waals surface area contributed by atoms with Gasteiger partial charge in [-0.1, -0.05) is 30.3 Å². The lowest BCUT2D eigenvalue weighted by atomic mass is 10.0. The molecular weight excluding hydrogens is 428 g/mol. The lowest BCUT2D eigenvalue weighted by molar-refractivity contribution is -0.140. The number of aryl methyl sites for hydroxylation is 1. The molecule has 0 bridgehead atoms. The van der Waals surface area contributed by atoms with Gasteiger partial charge < -0.3 is 19.4 Å². The Labute approximate surface area is 191 Å². The van der Waals surface area contributed by atoms with Crippen molar-refractivity contribution in [2.75, 3.05) is 11.9 Å². The summed E-state index contributed by atoms with van der Waals surface area (Å²) in [5, 5.41) is 3.18. The van der Waals surface area contributed by atoms with Gasteiger partial charge in [-0.25, -0.2) is 4.79 Å². The Bertz CT molecular complexity index is 1080. The quantitative estimate of drug-likeness (QED) is 0.514. The molecule has 0 aliphatic heterocycles. The predicted molar refractivity (Wildman–Crippen MR) is 123 cm³/mol. The van der Waals surface area contributed by atoms with Gasteiger partial charge in [0.1, 0.15) is 4.88 Å². The molecule has 0 saturated heterocycles. The number of esters is 1. The Morgan fingerprint density at radius 3 is 2.44 bits per heavy atom. The Morgan fingerprint density at radius 2 is 1.81 bits per heavy atom. The van der Waals surface area contributed by atoms with Crippen molar-refractivity contribution in [1.29, 1.82) is 0 Å². The third-order valence-corrected chi connectivity index (χ3v) is 5.84. The zero-order valence-electron chi connectivity index (χ0n) is 18.5. The molecule has 0 saturated carbocycles. The van der Waals surface area contributed by atoms with E-state index in [2.05, 4.69) is 5.32 Å². The lowest BCUT2D eigenvalue weighted by Crippen LogP contribution is -2.46. The summed E-state index contributed by atoms with van der Waals surface area (Å²) in [6, 6.07) is 14.5. The van der Waals surface area contributed by atoms with Gasteiger partial charge in [0.15, 0.2) is 12.4 Å². The second-order valence-corrected chi connectivity index (χ2v) is 9.32. The molecule has 0 fully saturated rings. The first-order valence-corrected chi connectivity index (χ1v) is 10.9. The van der Waals surface area contributed by atoms with Crippen LogP contribution < -0.4 is 5.32 Å². The standard InChI is InChI=1S/C24H26N2O5S/c1-16-13-19(25-22(28)18-11-8-12-30-18)32-21(16)23(29)31-15-20(27)26(24(2,3)4)14-17-9-6-5-7-10-17/h5-13H,14-15H2,1-4H3,(H,25,28). The summed E-state index contributed by atoms with van der Waals surface area (Å²) in [5.74, 6) is -1.12. The maximum atomic E-state index is 12.9. The zero-order chi connectivity index (χ0) is 23.3. The van der Waals surface area contributed by atoms with E-state index in [-0.39, 0.29) is 18.3 Å². The van der Waals surface area contributed by atoms with Crippen molar-refractivity contribution in [3.63, 3.8) is 0 Å². The monoisotopic (exact) mass is 454 g/mol. The second-order valence-electron chi connectivity index (χ2n) is 8.27. The van der Waals surface area contributed by atoms with Gasteiger partial charge in [-0.05, 0) is 57.0 Å². The number of hydrogen-bond donors (Lipinski definition) is 1. The number of nitrogens with zero attached hydrogens (tertiary/aromatic N) is 1. The van der Waals surface area contributed by atoms with Crippen LogP contribution >= 0.6 is 11.3 Å². The number of hydrogen-bond acceptors (Lipinski definition) is 6. The third-order valence-electron chi connectivity index (χ3n) is 4.71. The largest absolute Gasteiger partial charge is 0.459 e. The minimum atomic E-state index is -0.604. The molecule has 0 spiro atoms. The molecule has 0 aliphatic rings. The predicted octanol–water partition coefficient (Wildman–Crippen LogP) is 4.89. The molecular formula is C24H26N2O5S. The number of anilines is 1. The van der Waals surface area contributed by atoms with Crippen LogP contribution in [0.4, 0.5) is 5.00 Å². The molecule has 8 heteroatoms. The van der Waals surface area contributed by atoms with Crippen LogP contribution in [0.5, 0.6) is 0 Å². The highest BCUT2D eigenvalue weighted by Crippen LogP contribution is 2.28. The fourth-order valence-corrected chi connectivity index (χ4v) is 4.03. The first-order valence-electron chi connectivity index (χ1n) is 10.1. The smallest absolute Gasteiger partial charge is 0.349 e. The van der Waals surface area contributed by atoms with E-state index >= 15 is 0 Å². The van der Waals surface area contributed by atoms with Gasteiger partial charge in [0.25, 0.3) is 11.8 Å². The van der Waals surface area contributed by atoms with Crippen LogP contribution in [0.3, 0.4) is 0 Å². The number of benzene rings is 1. The molecule has 3 aromatic rings. The number of carbonyl (C=O) groups excluding carboxylic acids is 3. The van der Waals surface area contributed by atoms with Crippen LogP contribution in [0, 0.1) is 6.92 Å². The number of rotatable bonds is 7. The van der Waals surface area contributed by atoms with Crippen molar-refractivity contribution in [1.82, 2.24) is 4.90 Å². The van der Waals surface area contributed by atoms with E-state index in [1.54, 1.807) is 30.0 Å². The number of carbonyl (C=O) groups is 3. The van der Waals surface area contributed by atoms with Crippen LogP contribution in [0.25, 0.3) is 0 Å². The van der Waals surface area contributed by atoms with Gasteiger partial charge in [-0.3, -0.25) is 9.59 Å². The molecule has 2 amide bonds. The summed E-state index contributed by atoms with van der Waals surface area (Å²) in [7, 11) is 0. The summed E-state index contributed by atoms with van der Waals surface area (Å²) in [4.78, 5) is 39.6. The summed E-state index contributed by atoms with van der Waals surface area (Å²) < 4.78 is 10.4. The van der Waals surface area contributed by atoms with Crippen molar-refractivity contribution in [2.24, 2.45) is 0 Å². The summed E-state index contributed by atoms with van der Waals surface area (Å²) in [6.07, 6.45) is 1.41. The molecule has 0 atom stereocenters. The first kappa shape index (κ1) is 23.3. The molecule has 168 valence electrons. The third kappa shape index (κ3) is 5.85. The fraction of sp³-hybridized carbons (Fsp3) is 0.292. The van der Waals surface area contributed by atoms with E-state index in [4.69, 9.17) is 9.15 Å². The molecule has 2 aromatic heterocycles. The van der Waals surface area contributed by atoms with Gasteiger partial charge in [0.05, 0.1) is 11.3 Å². The van der Waals surface area contributed by atoms with E-state index < -0.39 is 17.4 Å². The number of amides is 2. The van der Waals surface area contributed by atoms with E-state index in [1.807, 2.05) is 51.1 Å². The summed E-state index contributed by atoms with van der Waals surface area (Å²) in [6.45, 7) is 7.61. The highest BCUT2D eigenvalue weighted by molar-refractivity contribution is 7.18. The molecule has 32 heavy (non-hydrogen) atoms. The van der Waals surface area contributed by atoms with Gasteiger partial charge in [0, 0.05) is 12.1 Å². The van der Waals surface area contributed by atoms with Crippen LogP contribution in [0.1, 0.15) is 52.1 Å². The normalized spacial score (nSPS) is 11.1. The second kappa shape index (κ2) is 9.82. The summed E-state index contributed by atoms with van der Waals surface area (Å²) >= 11 is 1.09. The minimum Gasteiger partial charge on any atom is -0.459 e. The Balaban J connectivity index is 1.63. The number of nitrogens with one attached hydrogen (secondary N) is 1. The van der Waals surface area contributed by atoms with Gasteiger partial charge in [0.2, 0.25) is 0 Å². The minimum absolute atomic E-state index is 0.173.